The summed E-state index contributed by atoms with van der Waals surface area (Å²) in [6, 6.07) is 6.84. The Labute approximate surface area is 123 Å². The third kappa shape index (κ3) is 3.97. The molecule has 0 atom stereocenters. The smallest absolute Gasteiger partial charge is 0.0551 e. The summed E-state index contributed by atoms with van der Waals surface area (Å²) in [7, 11) is 0. The predicted octanol–water partition coefficient (Wildman–Crippen LogP) is 5.16. The van der Waals surface area contributed by atoms with Gasteiger partial charge in [-0.3, -0.25) is 0 Å². The van der Waals surface area contributed by atoms with Crippen molar-refractivity contribution < 1.29 is 0 Å². The lowest BCUT2D eigenvalue weighted by Crippen LogP contribution is -2.35. The van der Waals surface area contributed by atoms with Gasteiger partial charge in [-0.25, -0.2) is 0 Å². The maximum absolute atomic E-state index is 6.10. The van der Waals surface area contributed by atoms with Gasteiger partial charge in [0.2, 0.25) is 0 Å². The second-order valence-electron chi connectivity index (χ2n) is 6.07. The molecular weight excluding hydrogens is 310 g/mol. The third-order valence-corrected chi connectivity index (χ3v) is 5.15. The lowest BCUT2D eigenvalue weighted by molar-refractivity contribution is 0.206. The third-order valence-electron chi connectivity index (χ3n) is 3.92. The zero-order valence-corrected chi connectivity index (χ0v) is 13.4. The molecular formula is C15H21BrClN. The van der Waals surface area contributed by atoms with E-state index < -0.39 is 0 Å². The Hall–Kier alpha value is -0.0500. The Balaban J connectivity index is 1.83. The molecule has 1 nitrogen and oxygen atoms in total. The summed E-state index contributed by atoms with van der Waals surface area (Å²) >= 11 is 9.52. The first-order valence-electron chi connectivity index (χ1n) is 6.64. The van der Waals surface area contributed by atoms with Gasteiger partial charge in [-0.15, -0.1) is 0 Å². The highest BCUT2D eigenvalue weighted by Gasteiger charge is 2.26. The molecule has 18 heavy (non-hydrogen) atoms. The molecule has 0 radical (unpaired) electrons. The Morgan fingerprint density at radius 1 is 1.33 bits per heavy atom. The average molecular weight is 331 g/mol. The number of benzene rings is 1. The van der Waals surface area contributed by atoms with Crippen LogP contribution >= 0.6 is 27.5 Å². The summed E-state index contributed by atoms with van der Waals surface area (Å²) in [5.41, 5.74) is 1.80. The first kappa shape index (κ1) is 14.4. The topological polar surface area (TPSA) is 12.0 Å². The number of rotatable bonds is 3. The normalized spacial score (nSPS) is 20.0. The van der Waals surface area contributed by atoms with Crippen LogP contribution in [0.1, 0.15) is 45.1 Å². The van der Waals surface area contributed by atoms with Crippen molar-refractivity contribution in [1.82, 2.24) is 5.32 Å². The van der Waals surface area contributed by atoms with E-state index in [1.807, 2.05) is 12.1 Å². The maximum atomic E-state index is 6.10. The van der Waals surface area contributed by atoms with Gasteiger partial charge in [-0.1, -0.05) is 31.5 Å². The van der Waals surface area contributed by atoms with Crippen LogP contribution in [0.15, 0.2) is 22.7 Å². The molecule has 2 rings (SSSR count). The van der Waals surface area contributed by atoms with Crippen LogP contribution in [0, 0.1) is 5.41 Å². The van der Waals surface area contributed by atoms with Crippen molar-refractivity contribution in [3.8, 4) is 0 Å². The van der Waals surface area contributed by atoms with Crippen molar-refractivity contribution in [2.45, 2.75) is 52.1 Å². The van der Waals surface area contributed by atoms with Gasteiger partial charge in [0.15, 0.2) is 0 Å². The minimum Gasteiger partial charge on any atom is -0.310 e. The number of hydrogen-bond donors (Lipinski definition) is 1. The van der Waals surface area contributed by atoms with E-state index in [2.05, 4.69) is 41.2 Å². The summed E-state index contributed by atoms with van der Waals surface area (Å²) in [6.45, 7) is 5.66. The van der Waals surface area contributed by atoms with Crippen LogP contribution in [0.3, 0.4) is 0 Å². The number of nitrogens with one attached hydrogen (secondary N) is 1. The molecule has 0 spiro atoms. The standard InChI is InChI=1S/C15H21BrClN/c1-15(2)7-5-12(6-8-15)18-10-11-3-4-13(16)14(17)9-11/h3-4,9,12,18H,5-8,10H2,1-2H3. The molecule has 0 aliphatic heterocycles. The number of hydrogen-bond acceptors (Lipinski definition) is 1. The number of halogens is 2. The minimum absolute atomic E-state index is 0.541. The lowest BCUT2D eigenvalue weighted by atomic mass is 9.75. The molecule has 1 aromatic carbocycles. The highest BCUT2D eigenvalue weighted by molar-refractivity contribution is 9.10. The molecule has 1 aliphatic rings. The summed E-state index contributed by atoms with van der Waals surface area (Å²) in [5.74, 6) is 0. The van der Waals surface area contributed by atoms with Crippen LogP contribution in [-0.2, 0) is 6.54 Å². The van der Waals surface area contributed by atoms with E-state index >= 15 is 0 Å². The molecule has 100 valence electrons. The molecule has 3 heteroatoms. The molecule has 0 unspecified atom stereocenters. The largest absolute Gasteiger partial charge is 0.310 e. The average Bonchev–Trinajstić information content (AvgIpc) is 2.32. The van der Waals surface area contributed by atoms with Crippen LogP contribution in [0.5, 0.6) is 0 Å². The van der Waals surface area contributed by atoms with Crippen molar-refractivity contribution in [3.05, 3.63) is 33.3 Å². The van der Waals surface area contributed by atoms with Crippen molar-refractivity contribution >= 4 is 27.5 Å². The zero-order chi connectivity index (χ0) is 13.2. The molecule has 0 amide bonds. The Morgan fingerprint density at radius 2 is 2.00 bits per heavy atom. The summed E-state index contributed by atoms with van der Waals surface area (Å²) in [6.07, 6.45) is 5.23. The molecule has 1 aromatic rings. The van der Waals surface area contributed by atoms with E-state index in [0.717, 1.165) is 16.0 Å². The van der Waals surface area contributed by atoms with E-state index in [0.29, 0.717) is 11.5 Å². The van der Waals surface area contributed by atoms with Gasteiger partial charge in [-0.05, 0) is 64.7 Å². The van der Waals surface area contributed by atoms with Gasteiger partial charge in [0, 0.05) is 17.1 Å². The van der Waals surface area contributed by atoms with Crippen molar-refractivity contribution in [1.29, 1.82) is 0 Å². The predicted molar refractivity (Wildman–Crippen MR) is 82.0 cm³/mol. The fourth-order valence-electron chi connectivity index (χ4n) is 2.52. The molecule has 1 saturated carbocycles. The second-order valence-corrected chi connectivity index (χ2v) is 7.33. The molecule has 1 N–H and O–H groups in total. The van der Waals surface area contributed by atoms with Crippen molar-refractivity contribution in [2.24, 2.45) is 5.41 Å². The zero-order valence-electron chi connectivity index (χ0n) is 11.1. The van der Waals surface area contributed by atoms with Gasteiger partial charge in [0.1, 0.15) is 0 Å². The Morgan fingerprint density at radius 3 is 2.61 bits per heavy atom. The van der Waals surface area contributed by atoms with Crippen LogP contribution in [0.4, 0.5) is 0 Å². The SMILES string of the molecule is CC1(C)CCC(NCc2ccc(Br)c(Cl)c2)CC1. The van der Waals surface area contributed by atoms with Gasteiger partial charge in [0.25, 0.3) is 0 Å². The van der Waals surface area contributed by atoms with E-state index in [1.54, 1.807) is 0 Å². The fraction of sp³-hybridized carbons (Fsp3) is 0.600. The van der Waals surface area contributed by atoms with Crippen LogP contribution in [-0.4, -0.2) is 6.04 Å². The minimum atomic E-state index is 0.541. The highest BCUT2D eigenvalue weighted by atomic mass is 79.9. The Bertz CT molecular complexity index is 407. The van der Waals surface area contributed by atoms with Crippen molar-refractivity contribution in [2.75, 3.05) is 0 Å². The van der Waals surface area contributed by atoms with E-state index in [-0.39, 0.29) is 0 Å². The van der Waals surface area contributed by atoms with E-state index in [1.165, 1.54) is 31.2 Å². The van der Waals surface area contributed by atoms with Crippen LogP contribution < -0.4 is 5.32 Å². The Kier molecular flexibility index (Phi) is 4.74. The van der Waals surface area contributed by atoms with Gasteiger partial charge < -0.3 is 5.32 Å². The molecule has 0 bridgehead atoms. The molecule has 0 heterocycles. The van der Waals surface area contributed by atoms with E-state index in [4.69, 9.17) is 11.6 Å². The summed E-state index contributed by atoms with van der Waals surface area (Å²) < 4.78 is 0.965. The van der Waals surface area contributed by atoms with Crippen molar-refractivity contribution in [3.63, 3.8) is 0 Å². The molecule has 1 fully saturated rings. The maximum Gasteiger partial charge on any atom is 0.0551 e. The first-order valence-corrected chi connectivity index (χ1v) is 7.81. The molecule has 0 aromatic heterocycles. The monoisotopic (exact) mass is 329 g/mol. The van der Waals surface area contributed by atoms with Gasteiger partial charge in [-0.2, -0.15) is 0 Å². The van der Waals surface area contributed by atoms with E-state index in [9.17, 15) is 0 Å². The quantitative estimate of drug-likeness (QED) is 0.807. The van der Waals surface area contributed by atoms with Crippen LogP contribution in [0.2, 0.25) is 5.02 Å². The fourth-order valence-corrected chi connectivity index (χ4v) is 2.96. The summed E-state index contributed by atoms with van der Waals surface area (Å²) in [5, 5.41) is 4.44. The molecule has 1 aliphatic carbocycles. The molecule has 0 saturated heterocycles. The lowest BCUT2D eigenvalue weighted by Gasteiger charge is -2.34. The van der Waals surface area contributed by atoms with Gasteiger partial charge in [0.05, 0.1) is 5.02 Å². The second kappa shape index (κ2) is 5.94. The van der Waals surface area contributed by atoms with Crippen LogP contribution in [0.25, 0.3) is 0 Å². The highest BCUT2D eigenvalue weighted by Crippen LogP contribution is 2.35. The van der Waals surface area contributed by atoms with Gasteiger partial charge >= 0.3 is 0 Å². The first-order chi connectivity index (χ1) is 8.46. The summed E-state index contributed by atoms with van der Waals surface area (Å²) in [4.78, 5) is 0.